The predicted molar refractivity (Wildman–Crippen MR) is 610 cm³/mol. The van der Waals surface area contributed by atoms with Crippen LogP contribution < -0.4 is 0 Å². The monoisotopic (exact) mass is 1730 g/mol. The summed E-state index contributed by atoms with van der Waals surface area (Å²) < 4.78 is 0. The highest BCUT2D eigenvalue weighted by Crippen LogP contribution is 2.13. The smallest absolute Gasteiger partial charge is 0.0184 e. The summed E-state index contributed by atoms with van der Waals surface area (Å²) in [7, 11) is 0. The Morgan fingerprint density at radius 1 is 0.0703 bits per heavy atom. The van der Waals surface area contributed by atoms with Gasteiger partial charge >= 0.3 is 0 Å². The van der Waals surface area contributed by atoms with Crippen molar-refractivity contribution in [1.29, 1.82) is 0 Å². The van der Waals surface area contributed by atoms with Gasteiger partial charge in [-0.05, 0) is 46.2 Å². The molecule has 0 fully saturated rings. The fourth-order valence-corrected chi connectivity index (χ4v) is 7.55. The first-order chi connectivity index (χ1) is 63.7. The molecule has 16 aromatic rings. The Labute approximate surface area is 798 Å². The van der Waals surface area contributed by atoms with Crippen LogP contribution in [-0.4, -0.2) is 0 Å². The zero-order valence-corrected chi connectivity index (χ0v) is 89.3. The Morgan fingerprint density at radius 2 is 0.117 bits per heavy atom. The van der Waals surface area contributed by atoms with Crippen LogP contribution in [0, 0.1) is 13.8 Å². The van der Waals surface area contributed by atoms with Crippen LogP contribution in [0.4, 0.5) is 0 Å². The molecule has 0 spiro atoms. The summed E-state index contributed by atoms with van der Waals surface area (Å²) in [5.74, 6) is 0. The fraction of sp³-hybridized carbons (Fsp3) is 0.297. The predicted octanol–water partition coefficient (Wildman–Crippen LogP) is 44.5. The lowest BCUT2D eigenvalue weighted by Gasteiger charge is -1.92. The molecule has 0 aliphatic carbocycles. The third kappa shape index (κ3) is 130. The summed E-state index contributed by atoms with van der Waals surface area (Å²) in [6.07, 6.45) is 0. The summed E-state index contributed by atoms with van der Waals surface area (Å²) >= 11 is 0. The highest BCUT2D eigenvalue weighted by atomic mass is 13.9. The summed E-state index contributed by atoms with van der Waals surface area (Å²) in [4.78, 5) is 0. The second kappa shape index (κ2) is 169. The average Bonchev–Trinajstić information content (AvgIpc) is 0.884. The van der Waals surface area contributed by atoms with Crippen LogP contribution in [0.25, 0.3) is 32.3 Å². The molecular weight excluding hydrogens is 1540 g/mol. The Bertz CT molecular complexity index is 3010. The van der Waals surface area contributed by atoms with Crippen molar-refractivity contribution in [1.82, 2.24) is 0 Å². The summed E-state index contributed by atoms with van der Waals surface area (Å²) in [6, 6.07) is 167. The van der Waals surface area contributed by atoms with Gasteiger partial charge in [-0.15, -0.1) is 0 Å². The molecule has 0 unspecified atom stereocenters. The molecule has 0 N–H and O–H groups in total. The van der Waals surface area contributed by atoms with Gasteiger partial charge in [0.25, 0.3) is 0 Å². The van der Waals surface area contributed by atoms with Crippen LogP contribution in [0.5, 0.6) is 0 Å². The normalized spacial score (nSPS) is 7.14. The Balaban J connectivity index is -0.0000000810. The van der Waals surface area contributed by atoms with E-state index in [9.17, 15) is 0 Å². The molecule has 0 aromatic heterocycles. The van der Waals surface area contributed by atoms with Crippen LogP contribution in [0.1, 0.15) is 260 Å². The molecule has 16 aromatic carbocycles. The van der Waals surface area contributed by atoms with Gasteiger partial charge in [-0.25, -0.2) is 0 Å². The first kappa shape index (κ1) is 151. The number of hydrogen-bond donors (Lipinski definition) is 0. The van der Waals surface area contributed by atoms with Crippen LogP contribution in [-0.2, 0) is 0 Å². The molecule has 0 saturated heterocycles. The number of rotatable bonds is 0. The van der Waals surface area contributed by atoms with Crippen molar-refractivity contribution < 1.29 is 0 Å². The highest BCUT2D eigenvalue weighted by molar-refractivity contribution is 5.83. The molecule has 16 rings (SSSR count). The Kier molecular flexibility index (Phi) is 199. The van der Waals surface area contributed by atoms with E-state index in [0.717, 1.165) is 0 Å². The largest absolute Gasteiger partial charge is 0.0683 e. The Morgan fingerprint density at radius 3 is 0.164 bits per heavy atom. The SMILES string of the molecule is CC.CC.CC.CC.CC.CC.CC.CC.CC.CC.CC.CC.CC.CC.CC.CC.CC.CC.Cc1ccccc1.Cc1ccccc1.c1ccc2ccccc2c1.c1ccc2ccccc2c1.c1ccc2ccccc2c1.c1ccccc1.c1ccccc1.c1ccccc1.c1ccccc1.c1ccccc1.c1ccccc1.c1ccccc1.c1ccccc1. The van der Waals surface area contributed by atoms with Crippen molar-refractivity contribution in [2.24, 2.45) is 0 Å². The van der Waals surface area contributed by atoms with E-state index in [1.807, 2.05) is 577 Å². The zero-order chi connectivity index (χ0) is 101. The van der Waals surface area contributed by atoms with Gasteiger partial charge in [0.2, 0.25) is 0 Å². The summed E-state index contributed by atoms with van der Waals surface area (Å²) in [6.45, 7) is 76.2. The molecule has 128 heavy (non-hydrogen) atoms. The van der Waals surface area contributed by atoms with Crippen molar-refractivity contribution in [2.45, 2.75) is 263 Å². The van der Waals surface area contributed by atoms with Gasteiger partial charge in [-0.3, -0.25) is 0 Å². The zero-order valence-electron chi connectivity index (χ0n) is 89.3. The standard InChI is InChI=1S/3C10H8.2C7H8.8C6H6.18C2H6/c3*1-2-6-10-8-4-3-7-9(10)5-1;2*1-7-5-3-2-4-6-7;8*1-2-4-6-5-3-1;18*1-2/h3*1-8H;2*2-6H,1H3;8*1-6H;18*1-2H3. The topological polar surface area (TPSA) is 0 Å². The number of fused-ring (bicyclic) bond motifs is 3. The highest BCUT2D eigenvalue weighted by Gasteiger charge is 1.87. The van der Waals surface area contributed by atoms with Gasteiger partial charge in [-0.2, -0.15) is 0 Å². The van der Waals surface area contributed by atoms with Crippen LogP contribution in [0.15, 0.2) is 497 Å². The second-order valence-electron chi connectivity index (χ2n) is 19.6. The lowest BCUT2D eigenvalue weighted by molar-refractivity contribution is 1.48. The summed E-state index contributed by atoms with van der Waals surface area (Å²) in [5.41, 5.74) is 2.64. The first-order valence-electron chi connectivity index (χ1n) is 49.0. The van der Waals surface area contributed by atoms with Gasteiger partial charge in [0.1, 0.15) is 0 Å². The van der Waals surface area contributed by atoms with Crippen molar-refractivity contribution in [3.8, 4) is 0 Å². The number of benzene rings is 16. The second-order valence-corrected chi connectivity index (χ2v) is 19.6. The van der Waals surface area contributed by atoms with Gasteiger partial charge < -0.3 is 0 Å². The van der Waals surface area contributed by atoms with Crippen molar-refractivity contribution in [3.05, 3.63) is 509 Å². The maximum atomic E-state index is 2.12. The van der Waals surface area contributed by atoms with E-state index >= 15 is 0 Å². The minimum atomic E-state index is 1.31. The molecule has 708 valence electrons. The van der Waals surface area contributed by atoms with Crippen molar-refractivity contribution in [2.75, 3.05) is 0 Å². The average molecular weight is 1730 g/mol. The van der Waals surface area contributed by atoms with Gasteiger partial charge in [-0.1, -0.05) is 758 Å². The van der Waals surface area contributed by atoms with Crippen LogP contribution in [0.3, 0.4) is 0 Å². The van der Waals surface area contributed by atoms with E-state index < -0.39 is 0 Å². The van der Waals surface area contributed by atoms with Crippen LogP contribution in [0.2, 0.25) is 0 Å². The maximum Gasteiger partial charge on any atom is -0.0184 e. The minimum absolute atomic E-state index is 1.31. The van der Waals surface area contributed by atoms with Crippen molar-refractivity contribution in [3.63, 3.8) is 0 Å². The third-order valence-electron chi connectivity index (χ3n) is 12.2. The molecule has 0 saturated carbocycles. The van der Waals surface area contributed by atoms with Crippen LogP contribution >= 0.6 is 0 Å². The molecule has 0 amide bonds. The first-order valence-corrected chi connectivity index (χ1v) is 49.0. The van der Waals surface area contributed by atoms with Gasteiger partial charge in [0, 0.05) is 0 Å². The van der Waals surface area contributed by atoms with E-state index in [-0.39, 0.29) is 0 Å². The molecular formula is C128H196. The van der Waals surface area contributed by atoms with Gasteiger partial charge in [0.05, 0.1) is 0 Å². The van der Waals surface area contributed by atoms with E-state index in [2.05, 4.69) is 184 Å². The minimum Gasteiger partial charge on any atom is -0.0683 e. The molecule has 0 bridgehead atoms. The molecule has 0 aliphatic rings. The molecule has 0 radical (unpaired) electrons. The van der Waals surface area contributed by atoms with E-state index in [1.54, 1.807) is 0 Å². The van der Waals surface area contributed by atoms with Gasteiger partial charge in [0.15, 0.2) is 0 Å². The lowest BCUT2D eigenvalue weighted by atomic mass is 10.1. The van der Waals surface area contributed by atoms with Crippen molar-refractivity contribution >= 4 is 32.3 Å². The molecule has 0 atom stereocenters. The van der Waals surface area contributed by atoms with E-state index in [4.69, 9.17) is 0 Å². The number of aryl methyl sites for hydroxylation is 2. The fourth-order valence-electron chi connectivity index (χ4n) is 7.55. The van der Waals surface area contributed by atoms with E-state index in [1.165, 1.54) is 43.4 Å². The maximum absolute atomic E-state index is 2.12. The third-order valence-corrected chi connectivity index (χ3v) is 12.2. The molecule has 0 heteroatoms. The van der Waals surface area contributed by atoms with E-state index in [0.29, 0.717) is 0 Å². The molecule has 0 aliphatic heterocycles. The molecule has 0 heterocycles. The number of hydrogen-bond acceptors (Lipinski definition) is 0. The quantitative estimate of drug-likeness (QED) is 0.142. The summed E-state index contributed by atoms with van der Waals surface area (Å²) in [5, 5.41) is 7.86. The molecule has 0 nitrogen and oxygen atoms in total. The Hall–Kier alpha value is -11.7. The lowest BCUT2D eigenvalue weighted by Crippen LogP contribution is -1.67.